The Morgan fingerprint density at radius 1 is 1.53 bits per heavy atom. The van der Waals surface area contributed by atoms with Gasteiger partial charge in [0.05, 0.1) is 0 Å². The second-order valence-electron chi connectivity index (χ2n) is 3.70. The van der Waals surface area contributed by atoms with E-state index in [2.05, 4.69) is 26.2 Å². The third kappa shape index (κ3) is 2.39. The van der Waals surface area contributed by atoms with Gasteiger partial charge in [-0.2, -0.15) is 0 Å². The summed E-state index contributed by atoms with van der Waals surface area (Å²) in [5.41, 5.74) is 1.12. The van der Waals surface area contributed by atoms with Gasteiger partial charge in [0.15, 0.2) is 0 Å². The number of aromatic nitrogens is 1. The molecule has 1 aromatic carbocycles. The van der Waals surface area contributed by atoms with Crippen molar-refractivity contribution in [3.05, 3.63) is 34.4 Å². The van der Waals surface area contributed by atoms with E-state index >= 15 is 0 Å². The van der Waals surface area contributed by atoms with Gasteiger partial charge in [-0.1, -0.05) is 18.2 Å². The number of carboxylic acids is 1. The molecule has 0 unspecified atom stereocenters. The average Bonchev–Trinajstić information content (AvgIpc) is 2.28. The largest absolute Gasteiger partial charge is 0.480 e. The Bertz CT molecular complexity index is 576. The lowest BCUT2D eigenvalue weighted by Gasteiger charge is -2.10. The van der Waals surface area contributed by atoms with Crippen LogP contribution in [-0.4, -0.2) is 22.6 Å². The van der Waals surface area contributed by atoms with Gasteiger partial charge in [-0.05, 0) is 28.4 Å². The van der Waals surface area contributed by atoms with E-state index in [4.69, 9.17) is 5.11 Å². The fraction of sp³-hybridized carbons (Fsp3) is 0.167. The molecule has 2 aromatic rings. The van der Waals surface area contributed by atoms with Crippen molar-refractivity contribution in [2.75, 3.05) is 11.9 Å². The molecular formula is C12H11BrN2O2. The van der Waals surface area contributed by atoms with Gasteiger partial charge in [-0.15, -0.1) is 0 Å². The SMILES string of the molecule is Cc1cccc2c(NCC(=O)O)ncc(Br)c12. The average molecular weight is 295 g/mol. The summed E-state index contributed by atoms with van der Waals surface area (Å²) < 4.78 is 0.909. The van der Waals surface area contributed by atoms with Gasteiger partial charge in [0.2, 0.25) is 0 Å². The summed E-state index contributed by atoms with van der Waals surface area (Å²) in [6.45, 7) is 1.87. The zero-order chi connectivity index (χ0) is 12.4. The van der Waals surface area contributed by atoms with Crippen LogP contribution in [0.15, 0.2) is 28.9 Å². The Morgan fingerprint density at radius 2 is 2.29 bits per heavy atom. The van der Waals surface area contributed by atoms with Crippen molar-refractivity contribution < 1.29 is 9.90 Å². The predicted molar refractivity (Wildman–Crippen MR) is 70.3 cm³/mol. The van der Waals surface area contributed by atoms with Gasteiger partial charge in [-0.3, -0.25) is 4.79 Å². The van der Waals surface area contributed by atoms with Crippen LogP contribution in [0, 0.1) is 6.92 Å². The van der Waals surface area contributed by atoms with Gasteiger partial charge in [0.25, 0.3) is 0 Å². The van der Waals surface area contributed by atoms with Gasteiger partial charge in [-0.25, -0.2) is 4.98 Å². The Labute approximate surface area is 107 Å². The van der Waals surface area contributed by atoms with Crippen molar-refractivity contribution >= 4 is 38.5 Å². The van der Waals surface area contributed by atoms with Crippen LogP contribution >= 0.6 is 15.9 Å². The number of nitrogens with zero attached hydrogens (tertiary/aromatic N) is 1. The lowest BCUT2D eigenvalue weighted by atomic mass is 10.1. The molecule has 0 aliphatic carbocycles. The summed E-state index contributed by atoms with van der Waals surface area (Å²) in [7, 11) is 0. The molecular weight excluding hydrogens is 284 g/mol. The maximum Gasteiger partial charge on any atom is 0.322 e. The second-order valence-corrected chi connectivity index (χ2v) is 4.55. The van der Waals surface area contributed by atoms with Crippen LogP contribution in [0.2, 0.25) is 0 Å². The third-order valence-corrected chi connectivity index (χ3v) is 3.08. The number of rotatable bonds is 3. The smallest absolute Gasteiger partial charge is 0.322 e. The molecule has 0 aliphatic heterocycles. The highest BCUT2D eigenvalue weighted by atomic mass is 79.9. The number of fused-ring (bicyclic) bond motifs is 1. The van der Waals surface area contributed by atoms with E-state index in [1.54, 1.807) is 6.20 Å². The van der Waals surface area contributed by atoms with Crippen LogP contribution < -0.4 is 5.32 Å². The first-order chi connectivity index (χ1) is 8.09. The first-order valence-corrected chi connectivity index (χ1v) is 5.88. The van der Waals surface area contributed by atoms with Crippen molar-refractivity contribution in [2.45, 2.75) is 6.92 Å². The van der Waals surface area contributed by atoms with Gasteiger partial charge in [0.1, 0.15) is 12.4 Å². The highest BCUT2D eigenvalue weighted by Crippen LogP contribution is 2.30. The second kappa shape index (κ2) is 4.71. The number of nitrogens with one attached hydrogen (secondary N) is 1. The van der Waals surface area contributed by atoms with Crippen molar-refractivity contribution in [3.63, 3.8) is 0 Å². The zero-order valence-electron chi connectivity index (χ0n) is 9.20. The molecule has 4 nitrogen and oxygen atoms in total. The molecule has 1 heterocycles. The number of hydrogen-bond donors (Lipinski definition) is 2. The van der Waals surface area contributed by atoms with E-state index in [0.717, 1.165) is 20.8 Å². The van der Waals surface area contributed by atoms with Gasteiger partial charge >= 0.3 is 5.97 Å². The molecule has 0 bridgehead atoms. The summed E-state index contributed by atoms with van der Waals surface area (Å²) in [6, 6.07) is 5.86. The van der Waals surface area contributed by atoms with Crippen LogP contribution in [0.5, 0.6) is 0 Å². The lowest BCUT2D eigenvalue weighted by Crippen LogP contribution is -2.13. The quantitative estimate of drug-likeness (QED) is 0.914. The number of benzene rings is 1. The van der Waals surface area contributed by atoms with Crippen molar-refractivity contribution in [2.24, 2.45) is 0 Å². The standard InChI is InChI=1S/C12H11BrN2O2/c1-7-3-2-4-8-11(7)9(13)5-14-12(8)15-6-10(16)17/h2-5H,6H2,1H3,(H,14,15)(H,16,17). The molecule has 1 aromatic heterocycles. The molecule has 0 fully saturated rings. The zero-order valence-corrected chi connectivity index (χ0v) is 10.8. The number of hydrogen-bond acceptors (Lipinski definition) is 3. The predicted octanol–water partition coefficient (Wildman–Crippen LogP) is 2.80. The minimum atomic E-state index is -0.907. The van der Waals surface area contributed by atoms with Gasteiger partial charge in [0, 0.05) is 21.4 Å². The number of halogens is 1. The highest BCUT2D eigenvalue weighted by molar-refractivity contribution is 9.10. The summed E-state index contributed by atoms with van der Waals surface area (Å²) in [5.74, 6) is -0.315. The maximum atomic E-state index is 10.5. The third-order valence-electron chi connectivity index (χ3n) is 2.48. The van der Waals surface area contributed by atoms with Crippen molar-refractivity contribution in [3.8, 4) is 0 Å². The number of carbonyl (C=O) groups is 1. The van der Waals surface area contributed by atoms with Crippen molar-refractivity contribution in [1.29, 1.82) is 0 Å². The number of aryl methyl sites for hydroxylation is 1. The molecule has 0 atom stereocenters. The lowest BCUT2D eigenvalue weighted by molar-refractivity contribution is -0.134. The Kier molecular flexibility index (Phi) is 3.28. The van der Waals surface area contributed by atoms with E-state index in [1.165, 1.54) is 0 Å². The molecule has 0 saturated heterocycles. The molecule has 17 heavy (non-hydrogen) atoms. The number of aliphatic carboxylic acids is 1. The fourth-order valence-corrected chi connectivity index (χ4v) is 2.37. The Hall–Kier alpha value is -1.62. The van der Waals surface area contributed by atoms with E-state index < -0.39 is 5.97 Å². The minimum absolute atomic E-state index is 0.141. The topological polar surface area (TPSA) is 62.2 Å². The minimum Gasteiger partial charge on any atom is -0.480 e. The van der Waals surface area contributed by atoms with Crippen LogP contribution in [0.4, 0.5) is 5.82 Å². The fourth-order valence-electron chi connectivity index (χ4n) is 1.74. The van der Waals surface area contributed by atoms with Crippen LogP contribution in [0.25, 0.3) is 10.8 Å². The molecule has 0 spiro atoms. The van der Waals surface area contributed by atoms with E-state index in [1.807, 2.05) is 25.1 Å². The van der Waals surface area contributed by atoms with Crippen LogP contribution in [-0.2, 0) is 4.79 Å². The summed E-state index contributed by atoms with van der Waals surface area (Å²) in [5, 5.41) is 13.4. The molecule has 2 rings (SSSR count). The molecule has 0 saturated carbocycles. The molecule has 0 radical (unpaired) electrons. The summed E-state index contributed by atoms with van der Waals surface area (Å²) >= 11 is 3.46. The molecule has 0 aliphatic rings. The molecule has 0 amide bonds. The molecule has 2 N–H and O–H groups in total. The maximum absolute atomic E-state index is 10.5. The van der Waals surface area contributed by atoms with E-state index in [-0.39, 0.29) is 6.54 Å². The normalized spacial score (nSPS) is 10.5. The van der Waals surface area contributed by atoms with E-state index in [9.17, 15) is 4.79 Å². The Balaban J connectivity index is 2.54. The number of pyridine rings is 1. The van der Waals surface area contributed by atoms with Gasteiger partial charge < -0.3 is 10.4 Å². The highest BCUT2D eigenvalue weighted by Gasteiger charge is 2.08. The van der Waals surface area contributed by atoms with Crippen LogP contribution in [0.3, 0.4) is 0 Å². The monoisotopic (exact) mass is 294 g/mol. The first kappa shape index (κ1) is 11.9. The number of carboxylic acid groups (broad SMARTS) is 1. The molecule has 88 valence electrons. The van der Waals surface area contributed by atoms with Crippen LogP contribution in [0.1, 0.15) is 5.56 Å². The summed E-state index contributed by atoms with van der Waals surface area (Å²) in [6.07, 6.45) is 1.68. The Morgan fingerprint density at radius 3 is 3.00 bits per heavy atom. The number of anilines is 1. The van der Waals surface area contributed by atoms with Crippen molar-refractivity contribution in [1.82, 2.24) is 4.98 Å². The first-order valence-electron chi connectivity index (χ1n) is 5.09. The van der Waals surface area contributed by atoms with E-state index in [0.29, 0.717) is 5.82 Å². The summed E-state index contributed by atoms with van der Waals surface area (Å²) in [4.78, 5) is 14.7. The molecule has 5 heteroatoms.